The van der Waals surface area contributed by atoms with Gasteiger partial charge in [0.2, 0.25) is 0 Å². The molecule has 0 radical (unpaired) electrons. The third kappa shape index (κ3) is 2.59. The number of anilines is 1. The molecular formula is C21H26N4S. The zero-order valence-electron chi connectivity index (χ0n) is 15.7. The Morgan fingerprint density at radius 1 is 1.04 bits per heavy atom. The Balaban J connectivity index is 1.78. The molecule has 4 heterocycles. The standard InChI is InChI=1S/C21H26N4S/c1-13(2)11-16-14-7-3-4-8-15(14)17-18-19(26-21(17)24-16)20(23-12-22-18)25-9-5-6-10-25/h12-13H,3-11H2,1-2H3. The van der Waals surface area contributed by atoms with Crippen molar-refractivity contribution in [1.29, 1.82) is 0 Å². The first kappa shape index (κ1) is 16.4. The van der Waals surface area contributed by atoms with E-state index >= 15 is 0 Å². The minimum absolute atomic E-state index is 0.639. The zero-order chi connectivity index (χ0) is 17.7. The highest BCUT2D eigenvalue weighted by atomic mass is 32.1. The van der Waals surface area contributed by atoms with Crippen molar-refractivity contribution in [3.8, 4) is 0 Å². The van der Waals surface area contributed by atoms with E-state index in [1.165, 1.54) is 70.3 Å². The summed E-state index contributed by atoms with van der Waals surface area (Å²) in [6, 6.07) is 0. The molecule has 0 saturated carbocycles. The smallest absolute Gasteiger partial charge is 0.150 e. The van der Waals surface area contributed by atoms with Gasteiger partial charge in [-0.2, -0.15) is 0 Å². The maximum absolute atomic E-state index is 5.17. The van der Waals surface area contributed by atoms with Crippen LogP contribution in [0.25, 0.3) is 20.4 Å². The lowest BCUT2D eigenvalue weighted by molar-refractivity contribution is 0.615. The molecule has 0 aromatic carbocycles. The van der Waals surface area contributed by atoms with Crippen LogP contribution in [0.5, 0.6) is 0 Å². The topological polar surface area (TPSA) is 41.9 Å². The lowest BCUT2D eigenvalue weighted by Gasteiger charge is -2.21. The van der Waals surface area contributed by atoms with Crippen molar-refractivity contribution in [2.24, 2.45) is 5.92 Å². The summed E-state index contributed by atoms with van der Waals surface area (Å²) in [6.45, 7) is 6.82. The molecule has 4 nitrogen and oxygen atoms in total. The summed E-state index contributed by atoms with van der Waals surface area (Å²) in [6.07, 6.45) is 10.3. The Bertz CT molecular complexity index is 969. The van der Waals surface area contributed by atoms with Crippen LogP contribution in [0.4, 0.5) is 5.82 Å². The lowest BCUT2D eigenvalue weighted by atomic mass is 9.87. The molecule has 2 aliphatic rings. The summed E-state index contributed by atoms with van der Waals surface area (Å²) < 4.78 is 1.24. The van der Waals surface area contributed by atoms with Gasteiger partial charge < -0.3 is 4.90 Å². The molecule has 0 atom stereocenters. The van der Waals surface area contributed by atoms with Crippen LogP contribution in [0.3, 0.4) is 0 Å². The number of thiophene rings is 1. The summed E-state index contributed by atoms with van der Waals surface area (Å²) >= 11 is 1.81. The van der Waals surface area contributed by atoms with Gasteiger partial charge in [0, 0.05) is 24.2 Å². The van der Waals surface area contributed by atoms with E-state index in [1.807, 2.05) is 11.3 Å². The van der Waals surface area contributed by atoms with Gasteiger partial charge in [0.1, 0.15) is 17.0 Å². The first-order chi connectivity index (χ1) is 12.7. The van der Waals surface area contributed by atoms with Crippen molar-refractivity contribution in [2.45, 2.75) is 58.8 Å². The predicted molar refractivity (Wildman–Crippen MR) is 109 cm³/mol. The second-order valence-electron chi connectivity index (χ2n) is 8.17. The SMILES string of the molecule is CC(C)Cc1nc2sc3c(N4CCCC4)ncnc3c2c2c1CCCC2. The van der Waals surface area contributed by atoms with Gasteiger partial charge >= 0.3 is 0 Å². The Morgan fingerprint density at radius 2 is 1.81 bits per heavy atom. The number of hydrogen-bond acceptors (Lipinski definition) is 5. The largest absolute Gasteiger partial charge is 0.355 e. The Labute approximate surface area is 158 Å². The molecular weight excluding hydrogens is 340 g/mol. The first-order valence-electron chi connectivity index (χ1n) is 10.0. The quantitative estimate of drug-likeness (QED) is 0.660. The molecule has 136 valence electrons. The number of aryl methyl sites for hydroxylation is 1. The summed E-state index contributed by atoms with van der Waals surface area (Å²) in [7, 11) is 0. The van der Waals surface area contributed by atoms with E-state index < -0.39 is 0 Å². The van der Waals surface area contributed by atoms with Crippen molar-refractivity contribution in [1.82, 2.24) is 15.0 Å². The zero-order valence-corrected chi connectivity index (χ0v) is 16.5. The van der Waals surface area contributed by atoms with Gasteiger partial charge in [0.05, 0.1) is 10.2 Å². The van der Waals surface area contributed by atoms with E-state index in [0.717, 1.165) is 30.8 Å². The minimum atomic E-state index is 0.639. The molecule has 1 fully saturated rings. The highest BCUT2D eigenvalue weighted by Gasteiger charge is 2.25. The van der Waals surface area contributed by atoms with Crippen molar-refractivity contribution in [3.63, 3.8) is 0 Å². The fourth-order valence-corrected chi connectivity index (χ4v) is 5.83. The maximum atomic E-state index is 5.17. The lowest BCUT2D eigenvalue weighted by Crippen LogP contribution is -2.19. The molecule has 0 bridgehead atoms. The normalized spacial score (nSPS) is 17.6. The predicted octanol–water partition coefficient (Wildman–Crippen LogP) is 4.92. The van der Waals surface area contributed by atoms with Crippen LogP contribution in [0.1, 0.15) is 56.4 Å². The molecule has 1 aliphatic carbocycles. The number of aromatic nitrogens is 3. The van der Waals surface area contributed by atoms with Gasteiger partial charge in [0.15, 0.2) is 0 Å². The Morgan fingerprint density at radius 3 is 2.58 bits per heavy atom. The maximum Gasteiger partial charge on any atom is 0.150 e. The summed E-state index contributed by atoms with van der Waals surface area (Å²) in [5.74, 6) is 1.77. The van der Waals surface area contributed by atoms with E-state index in [4.69, 9.17) is 9.97 Å². The van der Waals surface area contributed by atoms with Crippen LogP contribution in [0.15, 0.2) is 6.33 Å². The van der Waals surface area contributed by atoms with E-state index in [0.29, 0.717) is 5.92 Å². The molecule has 1 aliphatic heterocycles. The number of rotatable bonds is 3. The molecule has 0 amide bonds. The molecule has 0 unspecified atom stereocenters. The van der Waals surface area contributed by atoms with E-state index in [1.54, 1.807) is 6.33 Å². The monoisotopic (exact) mass is 366 g/mol. The molecule has 0 spiro atoms. The van der Waals surface area contributed by atoms with Crippen LogP contribution in [-0.2, 0) is 19.3 Å². The minimum Gasteiger partial charge on any atom is -0.355 e. The number of nitrogens with zero attached hydrogens (tertiary/aromatic N) is 4. The fourth-order valence-electron chi connectivity index (χ4n) is 4.64. The van der Waals surface area contributed by atoms with Crippen molar-refractivity contribution in [2.75, 3.05) is 18.0 Å². The van der Waals surface area contributed by atoms with Crippen LogP contribution in [-0.4, -0.2) is 28.0 Å². The van der Waals surface area contributed by atoms with Crippen LogP contribution in [0, 0.1) is 5.92 Å². The Kier molecular flexibility index (Phi) is 4.07. The molecule has 5 heteroatoms. The van der Waals surface area contributed by atoms with Crippen molar-refractivity contribution < 1.29 is 0 Å². The second kappa shape index (κ2) is 6.45. The van der Waals surface area contributed by atoms with Crippen molar-refractivity contribution >= 4 is 37.6 Å². The second-order valence-corrected chi connectivity index (χ2v) is 9.17. The highest BCUT2D eigenvalue weighted by Crippen LogP contribution is 2.42. The summed E-state index contributed by atoms with van der Waals surface area (Å²) in [5, 5.41) is 1.33. The molecule has 1 saturated heterocycles. The van der Waals surface area contributed by atoms with Gasteiger partial charge in [-0.1, -0.05) is 13.8 Å². The van der Waals surface area contributed by atoms with Gasteiger partial charge in [-0.25, -0.2) is 15.0 Å². The number of hydrogen-bond donors (Lipinski definition) is 0. The van der Waals surface area contributed by atoms with Crippen LogP contribution < -0.4 is 4.90 Å². The Hall–Kier alpha value is -1.75. The van der Waals surface area contributed by atoms with Gasteiger partial charge in [-0.3, -0.25) is 0 Å². The van der Waals surface area contributed by atoms with Crippen LogP contribution >= 0.6 is 11.3 Å². The molecule has 5 rings (SSSR count). The van der Waals surface area contributed by atoms with E-state index in [-0.39, 0.29) is 0 Å². The average Bonchev–Trinajstić information content (AvgIpc) is 3.28. The molecule has 3 aromatic heterocycles. The van der Waals surface area contributed by atoms with Crippen molar-refractivity contribution in [3.05, 3.63) is 23.1 Å². The average molecular weight is 367 g/mol. The molecule has 26 heavy (non-hydrogen) atoms. The van der Waals surface area contributed by atoms with E-state index in [9.17, 15) is 0 Å². The van der Waals surface area contributed by atoms with Gasteiger partial charge in [0.25, 0.3) is 0 Å². The number of pyridine rings is 1. The third-order valence-corrected chi connectivity index (χ3v) is 6.86. The number of fused-ring (bicyclic) bond motifs is 5. The van der Waals surface area contributed by atoms with Gasteiger partial charge in [-0.05, 0) is 62.0 Å². The third-order valence-electron chi connectivity index (χ3n) is 5.80. The van der Waals surface area contributed by atoms with E-state index in [2.05, 4.69) is 23.7 Å². The molecule has 3 aromatic rings. The highest BCUT2D eigenvalue weighted by molar-refractivity contribution is 7.26. The first-order valence-corrected chi connectivity index (χ1v) is 10.9. The van der Waals surface area contributed by atoms with Crippen LogP contribution in [0.2, 0.25) is 0 Å². The fraction of sp³-hybridized carbons (Fsp3) is 0.571. The summed E-state index contributed by atoms with van der Waals surface area (Å²) in [5.41, 5.74) is 5.54. The molecule has 0 N–H and O–H groups in total. The van der Waals surface area contributed by atoms with Gasteiger partial charge in [-0.15, -0.1) is 11.3 Å². The summed E-state index contributed by atoms with van der Waals surface area (Å²) in [4.78, 5) is 18.2.